The maximum atomic E-state index is 5.95. The molecule has 86 valence electrons. The zero-order valence-electron chi connectivity index (χ0n) is 9.44. The van der Waals surface area contributed by atoms with Gasteiger partial charge < -0.3 is 16.0 Å². The van der Waals surface area contributed by atoms with Crippen LogP contribution < -0.4 is 11.1 Å². The first-order chi connectivity index (χ1) is 7.68. The van der Waals surface area contributed by atoms with Gasteiger partial charge >= 0.3 is 0 Å². The van der Waals surface area contributed by atoms with Gasteiger partial charge in [-0.05, 0) is 5.92 Å². The van der Waals surface area contributed by atoms with Crippen molar-refractivity contribution in [3.05, 3.63) is 12.7 Å². The van der Waals surface area contributed by atoms with Crippen LogP contribution in [0.3, 0.4) is 0 Å². The van der Waals surface area contributed by atoms with Gasteiger partial charge in [0.1, 0.15) is 11.8 Å². The third-order valence-corrected chi connectivity index (χ3v) is 2.58. The normalized spacial score (nSPS) is 13.2. The van der Waals surface area contributed by atoms with Crippen molar-refractivity contribution in [1.82, 2.24) is 19.9 Å². The number of aromatic amines is 1. The summed E-state index contributed by atoms with van der Waals surface area (Å²) >= 11 is 0. The zero-order valence-corrected chi connectivity index (χ0v) is 9.44. The first kappa shape index (κ1) is 10.8. The lowest BCUT2D eigenvalue weighted by Gasteiger charge is -2.16. The maximum absolute atomic E-state index is 5.95. The highest BCUT2D eigenvalue weighted by Gasteiger charge is 2.09. The molecule has 2 rings (SSSR count). The topological polar surface area (TPSA) is 92.5 Å². The van der Waals surface area contributed by atoms with Gasteiger partial charge in [0, 0.05) is 12.6 Å². The molecule has 0 spiro atoms. The van der Waals surface area contributed by atoms with Gasteiger partial charge in [-0.2, -0.15) is 0 Å². The highest BCUT2D eigenvalue weighted by molar-refractivity contribution is 5.81. The van der Waals surface area contributed by atoms with E-state index in [2.05, 4.69) is 39.1 Å². The minimum absolute atomic E-state index is 0.105. The van der Waals surface area contributed by atoms with Gasteiger partial charge in [-0.3, -0.25) is 0 Å². The highest BCUT2D eigenvalue weighted by atomic mass is 15.1. The second kappa shape index (κ2) is 4.44. The van der Waals surface area contributed by atoms with Crippen molar-refractivity contribution < 1.29 is 0 Å². The van der Waals surface area contributed by atoms with Crippen LogP contribution in [0.15, 0.2) is 12.7 Å². The van der Waals surface area contributed by atoms with E-state index in [1.54, 1.807) is 6.33 Å². The Labute approximate surface area is 93.7 Å². The largest absolute Gasteiger partial charge is 0.367 e. The smallest absolute Gasteiger partial charge is 0.182 e. The Hall–Kier alpha value is -1.69. The Morgan fingerprint density at radius 1 is 1.38 bits per heavy atom. The molecule has 1 atom stereocenters. The van der Waals surface area contributed by atoms with E-state index in [0.717, 1.165) is 11.3 Å². The fourth-order valence-corrected chi connectivity index (χ4v) is 1.35. The molecule has 2 aromatic heterocycles. The lowest BCUT2D eigenvalue weighted by Crippen LogP contribution is -2.34. The predicted molar refractivity (Wildman–Crippen MR) is 63.0 cm³/mol. The van der Waals surface area contributed by atoms with E-state index in [1.807, 2.05) is 0 Å². The molecule has 0 saturated heterocycles. The fraction of sp³-hybridized carbons (Fsp3) is 0.500. The average Bonchev–Trinajstić information content (AvgIpc) is 2.73. The molecule has 6 nitrogen and oxygen atoms in total. The molecule has 2 aromatic rings. The maximum Gasteiger partial charge on any atom is 0.182 e. The molecule has 0 radical (unpaired) electrons. The van der Waals surface area contributed by atoms with E-state index in [9.17, 15) is 0 Å². The third kappa shape index (κ3) is 2.11. The van der Waals surface area contributed by atoms with Crippen molar-refractivity contribution >= 4 is 17.0 Å². The minimum atomic E-state index is 0.105. The van der Waals surface area contributed by atoms with Gasteiger partial charge in [-0.15, -0.1) is 0 Å². The monoisotopic (exact) mass is 220 g/mol. The number of nitrogens with two attached hydrogens (primary N) is 1. The van der Waals surface area contributed by atoms with Crippen LogP contribution in [0, 0.1) is 5.92 Å². The van der Waals surface area contributed by atoms with E-state index < -0.39 is 0 Å². The van der Waals surface area contributed by atoms with Gasteiger partial charge in [-0.1, -0.05) is 13.8 Å². The lowest BCUT2D eigenvalue weighted by atomic mass is 10.1. The minimum Gasteiger partial charge on any atom is -0.367 e. The Morgan fingerprint density at radius 2 is 2.19 bits per heavy atom. The van der Waals surface area contributed by atoms with Crippen molar-refractivity contribution in [2.75, 3.05) is 11.9 Å². The molecule has 2 heterocycles. The van der Waals surface area contributed by atoms with Crippen molar-refractivity contribution in [2.45, 2.75) is 19.9 Å². The molecule has 0 saturated carbocycles. The summed E-state index contributed by atoms with van der Waals surface area (Å²) in [5.74, 6) is 1.19. The summed E-state index contributed by atoms with van der Waals surface area (Å²) < 4.78 is 0. The fourth-order valence-electron chi connectivity index (χ4n) is 1.35. The van der Waals surface area contributed by atoms with Crippen LogP contribution in [-0.2, 0) is 0 Å². The summed E-state index contributed by atoms with van der Waals surface area (Å²) in [7, 11) is 0. The number of aromatic nitrogens is 4. The number of hydrogen-bond acceptors (Lipinski definition) is 5. The van der Waals surface area contributed by atoms with E-state index in [1.165, 1.54) is 6.33 Å². The number of anilines is 1. The first-order valence-electron chi connectivity index (χ1n) is 5.32. The van der Waals surface area contributed by atoms with Crippen molar-refractivity contribution in [3.63, 3.8) is 0 Å². The summed E-state index contributed by atoms with van der Waals surface area (Å²) in [5, 5.41) is 3.21. The van der Waals surface area contributed by atoms with Gasteiger partial charge in [0.05, 0.1) is 6.33 Å². The van der Waals surface area contributed by atoms with E-state index in [4.69, 9.17) is 5.73 Å². The van der Waals surface area contributed by atoms with Crippen LogP contribution in [0.25, 0.3) is 11.2 Å². The summed E-state index contributed by atoms with van der Waals surface area (Å²) in [6.45, 7) is 4.87. The molecule has 6 heteroatoms. The predicted octanol–water partition coefficient (Wildman–Crippen LogP) is 0.748. The summed E-state index contributed by atoms with van der Waals surface area (Å²) in [6.07, 6.45) is 3.10. The van der Waals surface area contributed by atoms with Crippen LogP contribution in [0.5, 0.6) is 0 Å². The molecule has 0 fully saturated rings. The highest BCUT2D eigenvalue weighted by Crippen LogP contribution is 2.14. The first-order valence-corrected chi connectivity index (χ1v) is 5.32. The average molecular weight is 220 g/mol. The molecule has 1 unspecified atom stereocenters. The van der Waals surface area contributed by atoms with Crippen LogP contribution >= 0.6 is 0 Å². The Bertz CT molecular complexity index is 463. The number of nitrogens with one attached hydrogen (secondary N) is 2. The SMILES string of the molecule is CC(C)C(N)CNc1ncnc2nc[nH]c12. The standard InChI is InChI=1S/C10H16N6/c1-6(2)7(11)3-12-9-8-10(14-4-13-8)16-5-15-9/h4-7H,3,11H2,1-2H3,(H2,12,13,14,15,16). The summed E-state index contributed by atoms with van der Waals surface area (Å²) in [6, 6.07) is 0.105. The molecular weight excluding hydrogens is 204 g/mol. The summed E-state index contributed by atoms with van der Waals surface area (Å²) in [5.41, 5.74) is 7.43. The molecule has 0 aliphatic rings. The van der Waals surface area contributed by atoms with E-state index in [-0.39, 0.29) is 6.04 Å². The van der Waals surface area contributed by atoms with Gasteiger partial charge in [-0.25, -0.2) is 15.0 Å². The molecular formula is C10H16N6. The number of rotatable bonds is 4. The lowest BCUT2D eigenvalue weighted by molar-refractivity contribution is 0.511. The quantitative estimate of drug-likeness (QED) is 0.707. The van der Waals surface area contributed by atoms with Crippen LogP contribution in [0.2, 0.25) is 0 Å². The van der Waals surface area contributed by atoms with Crippen LogP contribution in [0.1, 0.15) is 13.8 Å². The molecule has 0 bridgehead atoms. The molecule has 16 heavy (non-hydrogen) atoms. The van der Waals surface area contributed by atoms with Gasteiger partial charge in [0.25, 0.3) is 0 Å². The van der Waals surface area contributed by atoms with Crippen LogP contribution in [-0.4, -0.2) is 32.5 Å². The van der Waals surface area contributed by atoms with E-state index >= 15 is 0 Å². The zero-order chi connectivity index (χ0) is 11.5. The van der Waals surface area contributed by atoms with E-state index in [0.29, 0.717) is 18.1 Å². The van der Waals surface area contributed by atoms with Gasteiger partial charge in [0.15, 0.2) is 11.5 Å². The Balaban J connectivity index is 2.12. The van der Waals surface area contributed by atoms with Crippen molar-refractivity contribution in [1.29, 1.82) is 0 Å². The third-order valence-electron chi connectivity index (χ3n) is 2.58. The number of hydrogen-bond donors (Lipinski definition) is 3. The van der Waals surface area contributed by atoms with Crippen molar-refractivity contribution in [2.24, 2.45) is 11.7 Å². The van der Waals surface area contributed by atoms with Crippen LogP contribution in [0.4, 0.5) is 5.82 Å². The summed E-state index contributed by atoms with van der Waals surface area (Å²) in [4.78, 5) is 15.3. The number of fused-ring (bicyclic) bond motifs is 1. The Kier molecular flexibility index (Phi) is 3.00. The molecule has 0 aromatic carbocycles. The second-order valence-electron chi connectivity index (χ2n) is 4.11. The van der Waals surface area contributed by atoms with Crippen molar-refractivity contribution in [3.8, 4) is 0 Å². The second-order valence-corrected chi connectivity index (χ2v) is 4.11. The molecule has 0 amide bonds. The number of imidazole rings is 1. The number of H-pyrrole nitrogens is 1. The van der Waals surface area contributed by atoms with Gasteiger partial charge in [0.2, 0.25) is 0 Å². The molecule has 4 N–H and O–H groups in total. The number of nitrogens with zero attached hydrogens (tertiary/aromatic N) is 3. The Morgan fingerprint density at radius 3 is 2.94 bits per heavy atom. The molecule has 0 aliphatic carbocycles. The molecule has 0 aliphatic heterocycles.